The Hall–Kier alpha value is -2.04. The zero-order valence-electron chi connectivity index (χ0n) is 16.6. The molecule has 1 heterocycles. The van der Waals surface area contributed by atoms with Gasteiger partial charge in [0.25, 0.3) is 0 Å². The third-order valence-electron chi connectivity index (χ3n) is 7.95. The highest BCUT2D eigenvalue weighted by Gasteiger charge is 2.61. The van der Waals surface area contributed by atoms with Gasteiger partial charge in [0.15, 0.2) is 0 Å². The lowest BCUT2D eigenvalue weighted by molar-refractivity contribution is -0.119. The molecule has 1 aromatic rings. The summed E-state index contributed by atoms with van der Waals surface area (Å²) in [6.45, 7) is 7.68. The Labute approximate surface area is 161 Å². The Morgan fingerprint density at radius 2 is 1.85 bits per heavy atom. The van der Waals surface area contributed by atoms with Crippen LogP contribution in [-0.2, 0) is 4.79 Å². The van der Waals surface area contributed by atoms with Crippen molar-refractivity contribution in [3.8, 4) is 0 Å². The Kier molecular flexibility index (Phi) is 4.44. The molecule has 2 aliphatic carbocycles. The number of hydrogen-bond acceptors (Lipinski definition) is 2. The van der Waals surface area contributed by atoms with E-state index in [1.807, 2.05) is 30.3 Å². The quantitative estimate of drug-likeness (QED) is 0.845. The maximum atomic E-state index is 13.0. The van der Waals surface area contributed by atoms with Gasteiger partial charge in [-0.3, -0.25) is 4.79 Å². The van der Waals surface area contributed by atoms with Crippen molar-refractivity contribution >= 4 is 17.6 Å². The number of nitrogens with zero attached hydrogens (tertiary/aromatic N) is 1. The first kappa shape index (κ1) is 18.3. The van der Waals surface area contributed by atoms with E-state index in [-0.39, 0.29) is 34.9 Å². The van der Waals surface area contributed by atoms with Crippen LogP contribution in [0.1, 0.15) is 52.9 Å². The Morgan fingerprint density at radius 3 is 2.48 bits per heavy atom. The molecule has 2 N–H and O–H groups in total. The summed E-state index contributed by atoms with van der Waals surface area (Å²) in [5.74, 6) is 0.594. The minimum absolute atomic E-state index is 0.0738. The third-order valence-corrected chi connectivity index (χ3v) is 7.95. The van der Waals surface area contributed by atoms with Crippen LogP contribution in [0.5, 0.6) is 0 Å². The van der Waals surface area contributed by atoms with Crippen LogP contribution in [0.3, 0.4) is 0 Å². The maximum Gasteiger partial charge on any atom is 0.318 e. The number of rotatable bonds is 3. The zero-order valence-corrected chi connectivity index (χ0v) is 16.6. The number of anilines is 1. The van der Waals surface area contributed by atoms with E-state index in [1.165, 1.54) is 12.8 Å². The fraction of sp³-hybridized carbons (Fsp3) is 0.636. The van der Waals surface area contributed by atoms with Gasteiger partial charge in [0.05, 0.1) is 0 Å². The third kappa shape index (κ3) is 2.91. The molecule has 1 aliphatic heterocycles. The molecule has 3 fully saturated rings. The molecule has 1 saturated heterocycles. The van der Waals surface area contributed by atoms with Crippen molar-refractivity contribution in [3.63, 3.8) is 0 Å². The monoisotopic (exact) mass is 369 g/mol. The molecule has 3 amide bonds. The first-order chi connectivity index (χ1) is 12.8. The van der Waals surface area contributed by atoms with Gasteiger partial charge in [-0.1, -0.05) is 39.0 Å². The molecule has 4 rings (SSSR count). The van der Waals surface area contributed by atoms with E-state index >= 15 is 0 Å². The lowest BCUT2D eigenvalue weighted by Gasteiger charge is -2.40. The second-order valence-electron chi connectivity index (χ2n) is 9.32. The second kappa shape index (κ2) is 6.54. The van der Waals surface area contributed by atoms with Crippen LogP contribution >= 0.6 is 0 Å². The van der Waals surface area contributed by atoms with E-state index in [9.17, 15) is 9.59 Å². The number of urea groups is 1. The van der Waals surface area contributed by atoms with Gasteiger partial charge in [0, 0.05) is 18.3 Å². The molecule has 5 heteroatoms. The van der Waals surface area contributed by atoms with Crippen molar-refractivity contribution in [2.75, 3.05) is 11.9 Å². The smallest absolute Gasteiger partial charge is 0.318 e. The van der Waals surface area contributed by atoms with Crippen molar-refractivity contribution in [1.29, 1.82) is 0 Å². The summed E-state index contributed by atoms with van der Waals surface area (Å²) >= 11 is 0. The highest BCUT2D eigenvalue weighted by molar-refractivity contribution is 5.97. The number of fused-ring (bicyclic) bond motifs is 2. The summed E-state index contributed by atoms with van der Waals surface area (Å²) in [5.41, 5.74) is 1.19. The van der Waals surface area contributed by atoms with Gasteiger partial charge in [-0.25, -0.2) is 4.79 Å². The summed E-state index contributed by atoms with van der Waals surface area (Å²) in [5, 5.41) is 6.25. The highest BCUT2D eigenvalue weighted by atomic mass is 16.2. The topological polar surface area (TPSA) is 61.4 Å². The first-order valence-electron chi connectivity index (χ1n) is 10.3. The number of benzene rings is 1. The van der Waals surface area contributed by atoms with Gasteiger partial charge >= 0.3 is 6.03 Å². The molecule has 27 heavy (non-hydrogen) atoms. The van der Waals surface area contributed by atoms with Crippen LogP contribution < -0.4 is 10.6 Å². The summed E-state index contributed by atoms with van der Waals surface area (Å²) in [6, 6.07) is 9.20. The van der Waals surface area contributed by atoms with Crippen LogP contribution in [-0.4, -0.2) is 35.5 Å². The van der Waals surface area contributed by atoms with Gasteiger partial charge in [-0.2, -0.15) is 0 Å². The van der Waals surface area contributed by atoms with Crippen molar-refractivity contribution in [1.82, 2.24) is 10.2 Å². The predicted octanol–water partition coefficient (Wildman–Crippen LogP) is 4.01. The summed E-state index contributed by atoms with van der Waals surface area (Å²) in [7, 11) is 0. The Balaban J connectivity index is 1.42. The number of carbonyl (C=O) groups excluding carboxylic acids is 2. The van der Waals surface area contributed by atoms with E-state index < -0.39 is 0 Å². The normalized spacial score (nSPS) is 33.9. The van der Waals surface area contributed by atoms with E-state index in [1.54, 1.807) is 4.90 Å². The van der Waals surface area contributed by atoms with Crippen molar-refractivity contribution in [2.45, 2.75) is 65.0 Å². The molecule has 0 unspecified atom stereocenters. The lowest BCUT2D eigenvalue weighted by atomic mass is 9.69. The fourth-order valence-corrected chi connectivity index (χ4v) is 5.68. The van der Waals surface area contributed by atoms with E-state index in [4.69, 9.17) is 0 Å². The number of para-hydroxylation sites is 1. The van der Waals surface area contributed by atoms with Crippen LogP contribution in [0.2, 0.25) is 0 Å². The van der Waals surface area contributed by atoms with E-state index in [0.29, 0.717) is 12.5 Å². The van der Waals surface area contributed by atoms with Gasteiger partial charge in [0.2, 0.25) is 5.91 Å². The van der Waals surface area contributed by atoms with Gasteiger partial charge < -0.3 is 15.5 Å². The fourth-order valence-electron chi connectivity index (χ4n) is 5.68. The van der Waals surface area contributed by atoms with Crippen molar-refractivity contribution in [3.05, 3.63) is 30.3 Å². The van der Waals surface area contributed by atoms with Gasteiger partial charge in [0.1, 0.15) is 6.04 Å². The summed E-state index contributed by atoms with van der Waals surface area (Å²) in [6.07, 6.45) is 5.09. The van der Waals surface area contributed by atoms with Gasteiger partial charge in [-0.15, -0.1) is 0 Å². The van der Waals surface area contributed by atoms with Crippen LogP contribution in [0, 0.1) is 16.7 Å². The van der Waals surface area contributed by atoms with Crippen LogP contribution in [0.15, 0.2) is 30.3 Å². The molecule has 5 nitrogen and oxygen atoms in total. The molecule has 4 atom stereocenters. The number of amides is 3. The molecule has 1 aromatic carbocycles. The second-order valence-corrected chi connectivity index (χ2v) is 9.32. The lowest BCUT2D eigenvalue weighted by Crippen LogP contribution is -2.54. The average molecular weight is 370 g/mol. The van der Waals surface area contributed by atoms with Gasteiger partial charge in [-0.05, 0) is 61.0 Å². The molecular formula is C22H31N3O2. The number of likely N-dealkylation sites (tertiary alicyclic amines) is 1. The molecule has 146 valence electrons. The highest BCUT2D eigenvalue weighted by Crippen LogP contribution is 2.65. The largest absolute Gasteiger partial charge is 0.335 e. The van der Waals surface area contributed by atoms with Crippen LogP contribution in [0.25, 0.3) is 0 Å². The summed E-state index contributed by atoms with van der Waals surface area (Å²) in [4.78, 5) is 27.5. The van der Waals surface area contributed by atoms with Crippen LogP contribution in [0.4, 0.5) is 10.5 Å². The standard InChI is InChI=1S/C22H31N3O2/c1-21(2)15-11-12-22(21,3)18(14-15)24-20(27)25-13-7-10-17(25)19(26)23-16-8-5-4-6-9-16/h4-6,8-9,15,17-18H,7,10-14H2,1-3H3,(H,23,26)(H,24,27)/t15-,17-,18-,22-/m0/s1. The molecule has 2 saturated carbocycles. The molecular weight excluding hydrogens is 338 g/mol. The molecule has 2 bridgehead atoms. The minimum atomic E-state index is -0.385. The van der Waals surface area contributed by atoms with E-state index in [2.05, 4.69) is 31.4 Å². The predicted molar refractivity (Wildman–Crippen MR) is 106 cm³/mol. The Bertz CT molecular complexity index is 732. The number of nitrogens with one attached hydrogen (secondary N) is 2. The maximum absolute atomic E-state index is 13.0. The average Bonchev–Trinajstić information content (AvgIpc) is 3.26. The molecule has 0 radical (unpaired) electrons. The SMILES string of the molecule is CC1(C)[C@H]2CC[C@@]1(C)[C@@H](NC(=O)N1CCC[C@H]1C(=O)Nc1ccccc1)C2. The Morgan fingerprint density at radius 1 is 1.11 bits per heavy atom. The van der Waals surface area contributed by atoms with Crippen molar-refractivity contribution in [2.24, 2.45) is 16.7 Å². The van der Waals surface area contributed by atoms with Crippen molar-refractivity contribution < 1.29 is 9.59 Å². The summed E-state index contributed by atoms with van der Waals surface area (Å²) < 4.78 is 0. The number of carbonyl (C=O) groups is 2. The first-order valence-corrected chi connectivity index (χ1v) is 10.3. The zero-order chi connectivity index (χ0) is 19.2. The molecule has 0 spiro atoms. The van der Waals surface area contributed by atoms with E-state index in [0.717, 1.165) is 24.9 Å². The number of hydrogen-bond donors (Lipinski definition) is 2. The minimum Gasteiger partial charge on any atom is -0.335 e. The molecule has 0 aromatic heterocycles. The molecule has 3 aliphatic rings.